The molecule has 2 aromatic rings. The zero-order valence-electron chi connectivity index (χ0n) is 17.0. The van der Waals surface area contributed by atoms with E-state index in [1.54, 1.807) is 0 Å². The maximum absolute atomic E-state index is 13.5. The van der Waals surface area contributed by atoms with Gasteiger partial charge in [-0.3, -0.25) is 9.36 Å². The molecule has 0 saturated carbocycles. The summed E-state index contributed by atoms with van der Waals surface area (Å²) in [6.07, 6.45) is -8.01. The van der Waals surface area contributed by atoms with Gasteiger partial charge in [-0.2, -0.15) is 13.2 Å². The number of aromatic nitrogens is 2. The second-order valence-electron chi connectivity index (χ2n) is 7.81. The Kier molecular flexibility index (Phi) is 6.52. The molecule has 0 bridgehead atoms. The summed E-state index contributed by atoms with van der Waals surface area (Å²) in [5.74, 6) is 0. The van der Waals surface area contributed by atoms with Gasteiger partial charge in [-0.1, -0.05) is 30.3 Å². The van der Waals surface area contributed by atoms with E-state index in [1.165, 1.54) is 0 Å². The SMILES string of the molecule is O=c1c(C(F)(F)F)cn([C@H]2C[C@H](O)[C@@H](COCc3ccccc3)O2)c(=O)n1C1CCCO1. The minimum Gasteiger partial charge on any atom is -0.390 e. The van der Waals surface area contributed by atoms with E-state index in [0.29, 0.717) is 21.8 Å². The van der Waals surface area contributed by atoms with E-state index in [9.17, 15) is 27.9 Å². The molecule has 2 fully saturated rings. The van der Waals surface area contributed by atoms with Gasteiger partial charge in [-0.05, 0) is 18.4 Å². The molecular weight excluding hydrogens is 433 g/mol. The minimum atomic E-state index is -4.97. The fourth-order valence-corrected chi connectivity index (χ4v) is 3.91. The number of alkyl halides is 3. The summed E-state index contributed by atoms with van der Waals surface area (Å²) in [7, 11) is 0. The van der Waals surface area contributed by atoms with Crippen molar-refractivity contribution in [2.24, 2.45) is 0 Å². The first-order chi connectivity index (χ1) is 15.3. The Morgan fingerprint density at radius 2 is 1.91 bits per heavy atom. The number of ether oxygens (including phenoxy) is 3. The van der Waals surface area contributed by atoms with E-state index in [0.717, 1.165) is 5.56 Å². The molecule has 1 N–H and O–H groups in total. The largest absolute Gasteiger partial charge is 0.423 e. The van der Waals surface area contributed by atoms with Crippen LogP contribution in [0.5, 0.6) is 0 Å². The van der Waals surface area contributed by atoms with Crippen LogP contribution in [0.25, 0.3) is 0 Å². The van der Waals surface area contributed by atoms with Crippen molar-refractivity contribution in [2.45, 2.75) is 56.7 Å². The zero-order chi connectivity index (χ0) is 22.9. The van der Waals surface area contributed by atoms with Crippen molar-refractivity contribution in [2.75, 3.05) is 13.2 Å². The quantitative estimate of drug-likeness (QED) is 0.717. The third kappa shape index (κ3) is 4.65. The van der Waals surface area contributed by atoms with Crippen molar-refractivity contribution in [1.29, 1.82) is 0 Å². The van der Waals surface area contributed by atoms with Crippen LogP contribution in [-0.4, -0.2) is 39.7 Å². The van der Waals surface area contributed by atoms with E-state index in [4.69, 9.17) is 14.2 Å². The van der Waals surface area contributed by atoms with Gasteiger partial charge in [0.25, 0.3) is 5.56 Å². The smallest absolute Gasteiger partial charge is 0.390 e. The van der Waals surface area contributed by atoms with Crippen LogP contribution in [-0.2, 0) is 27.0 Å². The highest BCUT2D eigenvalue weighted by Crippen LogP contribution is 2.31. The predicted molar refractivity (Wildman–Crippen MR) is 105 cm³/mol. The van der Waals surface area contributed by atoms with Crippen molar-refractivity contribution >= 4 is 0 Å². The lowest BCUT2D eigenvalue weighted by Gasteiger charge is -2.21. The van der Waals surface area contributed by atoms with E-state index < -0.39 is 47.7 Å². The zero-order valence-corrected chi connectivity index (χ0v) is 17.0. The molecule has 32 heavy (non-hydrogen) atoms. The van der Waals surface area contributed by atoms with Crippen molar-refractivity contribution < 1.29 is 32.5 Å². The van der Waals surface area contributed by atoms with Crippen molar-refractivity contribution in [1.82, 2.24) is 9.13 Å². The Bertz CT molecular complexity index is 1050. The second kappa shape index (κ2) is 9.18. The maximum Gasteiger partial charge on any atom is 0.423 e. The average molecular weight is 456 g/mol. The number of benzene rings is 1. The number of halogens is 3. The Balaban J connectivity index is 1.56. The summed E-state index contributed by atoms with van der Waals surface area (Å²) in [4.78, 5) is 25.4. The summed E-state index contributed by atoms with van der Waals surface area (Å²) in [6, 6.07) is 9.29. The first-order valence-electron chi connectivity index (χ1n) is 10.3. The van der Waals surface area contributed by atoms with Crippen LogP contribution in [0.4, 0.5) is 13.2 Å². The lowest BCUT2D eigenvalue weighted by atomic mass is 10.2. The molecule has 2 aliphatic rings. The van der Waals surface area contributed by atoms with Gasteiger partial charge in [0.05, 0.1) is 19.3 Å². The molecule has 1 aromatic carbocycles. The molecule has 8 nitrogen and oxygen atoms in total. The summed E-state index contributed by atoms with van der Waals surface area (Å²) in [5, 5.41) is 10.3. The van der Waals surface area contributed by atoms with Gasteiger partial charge < -0.3 is 19.3 Å². The molecule has 3 heterocycles. The van der Waals surface area contributed by atoms with Gasteiger partial charge in [-0.15, -0.1) is 0 Å². The van der Waals surface area contributed by atoms with Crippen molar-refractivity contribution in [3.8, 4) is 0 Å². The Labute approximate surface area is 180 Å². The molecule has 174 valence electrons. The molecule has 0 amide bonds. The fraction of sp³-hybridized carbons (Fsp3) is 0.524. The topological polar surface area (TPSA) is 91.9 Å². The Morgan fingerprint density at radius 1 is 1.16 bits per heavy atom. The highest BCUT2D eigenvalue weighted by atomic mass is 19.4. The van der Waals surface area contributed by atoms with Crippen LogP contribution in [0.3, 0.4) is 0 Å². The van der Waals surface area contributed by atoms with Gasteiger partial charge in [0.1, 0.15) is 24.1 Å². The molecule has 0 radical (unpaired) electrons. The molecule has 4 rings (SSSR count). The molecule has 2 aliphatic heterocycles. The highest BCUT2D eigenvalue weighted by molar-refractivity contribution is 5.13. The fourth-order valence-electron chi connectivity index (χ4n) is 3.91. The van der Waals surface area contributed by atoms with Gasteiger partial charge in [-0.25, -0.2) is 9.36 Å². The van der Waals surface area contributed by atoms with Gasteiger partial charge in [0, 0.05) is 19.2 Å². The van der Waals surface area contributed by atoms with Crippen LogP contribution in [0, 0.1) is 0 Å². The van der Waals surface area contributed by atoms with Crippen molar-refractivity contribution in [3.05, 3.63) is 68.5 Å². The van der Waals surface area contributed by atoms with Crippen LogP contribution >= 0.6 is 0 Å². The molecular formula is C21H23F3N2O6. The molecule has 4 atom stereocenters. The standard InChI is InChI=1S/C21H23F3N2O6/c22-21(23,24)14-10-25(20(29)26(19(14)28)17-7-4-8-31-17)18-9-15(27)16(32-18)12-30-11-13-5-2-1-3-6-13/h1-3,5-6,10,15-18,27H,4,7-9,11-12H2/t15-,16+,17?,18+/m0/s1. The predicted octanol–water partition coefficient (Wildman–Crippen LogP) is 2.20. The van der Waals surface area contributed by atoms with E-state index in [-0.39, 0.29) is 32.7 Å². The van der Waals surface area contributed by atoms with Crippen LogP contribution in [0.1, 0.15) is 42.8 Å². The number of aliphatic hydroxyl groups excluding tert-OH is 1. The lowest BCUT2D eigenvalue weighted by Crippen LogP contribution is -2.46. The van der Waals surface area contributed by atoms with Crippen LogP contribution in [0.15, 0.2) is 46.1 Å². The number of rotatable bonds is 6. The lowest BCUT2D eigenvalue weighted by molar-refractivity contribution is -0.140. The van der Waals surface area contributed by atoms with Gasteiger partial charge in [0.2, 0.25) is 0 Å². The average Bonchev–Trinajstić information content (AvgIpc) is 3.38. The summed E-state index contributed by atoms with van der Waals surface area (Å²) < 4.78 is 58.3. The van der Waals surface area contributed by atoms with Gasteiger partial charge in [0.15, 0.2) is 0 Å². The normalized spacial score (nSPS) is 26.0. The van der Waals surface area contributed by atoms with Crippen LogP contribution in [0.2, 0.25) is 0 Å². The first kappa shape index (κ1) is 22.7. The highest BCUT2D eigenvalue weighted by Gasteiger charge is 2.41. The van der Waals surface area contributed by atoms with E-state index >= 15 is 0 Å². The molecule has 11 heteroatoms. The summed E-state index contributed by atoms with van der Waals surface area (Å²) in [5.41, 5.74) is -3.01. The molecule has 0 spiro atoms. The molecule has 1 aromatic heterocycles. The van der Waals surface area contributed by atoms with Gasteiger partial charge >= 0.3 is 11.9 Å². The molecule has 0 aliphatic carbocycles. The summed E-state index contributed by atoms with van der Waals surface area (Å²) in [6.45, 7) is 0.491. The third-order valence-corrected chi connectivity index (χ3v) is 5.55. The minimum absolute atomic E-state index is 0.0151. The molecule has 1 unspecified atom stereocenters. The molecule has 2 saturated heterocycles. The number of hydrogen-bond donors (Lipinski definition) is 1. The summed E-state index contributed by atoms with van der Waals surface area (Å²) >= 11 is 0. The number of hydrogen-bond acceptors (Lipinski definition) is 6. The first-order valence-corrected chi connectivity index (χ1v) is 10.3. The number of nitrogens with zero attached hydrogens (tertiary/aromatic N) is 2. The van der Waals surface area contributed by atoms with E-state index in [1.807, 2.05) is 30.3 Å². The Morgan fingerprint density at radius 3 is 2.56 bits per heavy atom. The Hall–Kier alpha value is -2.47. The maximum atomic E-state index is 13.5. The second-order valence-corrected chi connectivity index (χ2v) is 7.81. The van der Waals surface area contributed by atoms with Crippen molar-refractivity contribution in [3.63, 3.8) is 0 Å². The number of aliphatic hydroxyl groups is 1. The van der Waals surface area contributed by atoms with Crippen LogP contribution < -0.4 is 11.2 Å². The third-order valence-electron chi connectivity index (χ3n) is 5.55. The van der Waals surface area contributed by atoms with E-state index in [2.05, 4.69) is 0 Å². The monoisotopic (exact) mass is 456 g/mol.